The number of amides is 2. The summed E-state index contributed by atoms with van der Waals surface area (Å²) in [5.74, 6) is -0.999. The Morgan fingerprint density at radius 2 is 1.33 bits per heavy atom. The van der Waals surface area contributed by atoms with Gasteiger partial charge in [-0.25, -0.2) is 0 Å². The molecule has 0 atom stereocenters. The minimum atomic E-state index is -0.500. The normalized spacial score (nSPS) is 13.8. The number of nitrogens with one attached hydrogen (secondary N) is 4. The number of thiocarbonyl (C=S) groups is 1. The molecule has 0 bridgehead atoms. The lowest BCUT2D eigenvalue weighted by Crippen LogP contribution is -2.48. The van der Waals surface area contributed by atoms with Crippen molar-refractivity contribution in [2.24, 2.45) is 0 Å². The summed E-state index contributed by atoms with van der Waals surface area (Å²) in [6.07, 6.45) is 3.51. The monoisotopic (exact) mass is 511 g/mol. The number of rotatable bonds is 4. The first-order valence-corrected chi connectivity index (χ1v) is 11.9. The van der Waals surface area contributed by atoms with Crippen LogP contribution in [0.1, 0.15) is 11.1 Å². The second kappa shape index (κ2) is 8.67. The Hall–Kier alpha value is -4.40. The molecule has 0 saturated heterocycles. The van der Waals surface area contributed by atoms with Crippen molar-refractivity contribution in [1.82, 2.24) is 20.4 Å². The van der Waals surface area contributed by atoms with Gasteiger partial charge < -0.3 is 15.3 Å². The van der Waals surface area contributed by atoms with Crippen LogP contribution >= 0.6 is 23.8 Å². The number of imide groups is 1. The number of H-pyrrole nitrogens is 2. The number of halogens is 1. The summed E-state index contributed by atoms with van der Waals surface area (Å²) in [6.45, 7) is 0. The third kappa shape index (κ3) is 3.64. The van der Waals surface area contributed by atoms with E-state index in [2.05, 4.69) is 20.7 Å². The molecular formula is C27H18ClN5O2S. The molecule has 7 nitrogen and oxygen atoms in total. The molecule has 5 aromatic rings. The topological polar surface area (TPSA) is 93.0 Å². The highest BCUT2D eigenvalue weighted by atomic mass is 35.5. The average Bonchev–Trinajstić information content (AvgIpc) is 3.55. The fourth-order valence-corrected chi connectivity index (χ4v) is 4.91. The Labute approximate surface area is 215 Å². The average molecular weight is 512 g/mol. The van der Waals surface area contributed by atoms with Crippen LogP contribution in [0.4, 0.5) is 5.69 Å². The van der Waals surface area contributed by atoms with Crippen molar-refractivity contribution in [3.8, 4) is 0 Å². The zero-order chi connectivity index (χ0) is 24.8. The van der Waals surface area contributed by atoms with Crippen molar-refractivity contribution in [3.63, 3.8) is 0 Å². The van der Waals surface area contributed by atoms with Crippen LogP contribution < -0.4 is 10.7 Å². The number of benzene rings is 3. The third-order valence-corrected chi connectivity index (χ3v) is 6.53. The number of hydrogen-bond donors (Lipinski definition) is 4. The number of carbonyl (C=O) groups excluding carboxylic acids is 2. The van der Waals surface area contributed by atoms with Crippen molar-refractivity contribution in [1.29, 1.82) is 0 Å². The SMILES string of the molecule is O=C1C(c2c[nH]c3ccccc23)=C(c2c[nH]c3ccccc23)C(=O)N1NC(=S)Nc1cccc(Cl)c1. The van der Waals surface area contributed by atoms with E-state index >= 15 is 0 Å². The van der Waals surface area contributed by atoms with E-state index in [0.29, 0.717) is 33.0 Å². The van der Waals surface area contributed by atoms with Crippen molar-refractivity contribution < 1.29 is 9.59 Å². The van der Waals surface area contributed by atoms with Gasteiger partial charge in [0, 0.05) is 56.0 Å². The van der Waals surface area contributed by atoms with E-state index in [4.69, 9.17) is 23.8 Å². The smallest absolute Gasteiger partial charge is 0.281 e. The molecule has 2 aromatic heterocycles. The molecule has 3 heterocycles. The highest BCUT2D eigenvalue weighted by molar-refractivity contribution is 7.80. The van der Waals surface area contributed by atoms with Crippen molar-refractivity contribution >= 4 is 79.4 Å². The molecule has 36 heavy (non-hydrogen) atoms. The van der Waals surface area contributed by atoms with Crippen LogP contribution in [0.2, 0.25) is 5.02 Å². The Morgan fingerprint density at radius 1 is 0.778 bits per heavy atom. The molecule has 0 radical (unpaired) electrons. The molecule has 0 fully saturated rings. The van der Waals surface area contributed by atoms with Crippen LogP contribution in [0.5, 0.6) is 0 Å². The van der Waals surface area contributed by atoms with Gasteiger partial charge in [0.25, 0.3) is 11.8 Å². The maximum absolute atomic E-state index is 13.8. The van der Waals surface area contributed by atoms with Crippen molar-refractivity contribution in [3.05, 3.63) is 101 Å². The number of para-hydroxylation sites is 2. The van der Waals surface area contributed by atoms with E-state index in [1.807, 2.05) is 48.5 Å². The number of carbonyl (C=O) groups is 2. The molecule has 2 amide bonds. The van der Waals surface area contributed by atoms with Crippen LogP contribution in [-0.4, -0.2) is 31.9 Å². The Balaban J connectivity index is 1.44. The summed E-state index contributed by atoms with van der Waals surface area (Å²) in [4.78, 5) is 34.0. The molecule has 4 N–H and O–H groups in total. The van der Waals surface area contributed by atoms with Gasteiger partial charge in [0.2, 0.25) is 0 Å². The highest BCUT2D eigenvalue weighted by Gasteiger charge is 2.42. The van der Waals surface area contributed by atoms with Crippen molar-refractivity contribution in [2.75, 3.05) is 5.32 Å². The van der Waals surface area contributed by atoms with Crippen LogP contribution in [0.3, 0.4) is 0 Å². The molecule has 1 aliphatic heterocycles. The summed E-state index contributed by atoms with van der Waals surface area (Å²) < 4.78 is 0. The van der Waals surface area contributed by atoms with Crippen LogP contribution in [0.25, 0.3) is 33.0 Å². The second-order valence-electron chi connectivity index (χ2n) is 8.27. The molecule has 6 rings (SSSR count). The molecule has 3 aromatic carbocycles. The third-order valence-electron chi connectivity index (χ3n) is 6.10. The fraction of sp³-hybridized carbons (Fsp3) is 0. The largest absolute Gasteiger partial charge is 0.361 e. The van der Waals surface area contributed by atoms with Gasteiger partial charge >= 0.3 is 0 Å². The van der Waals surface area contributed by atoms with Gasteiger partial charge in [0.05, 0.1) is 11.1 Å². The van der Waals surface area contributed by atoms with Crippen LogP contribution in [0, 0.1) is 0 Å². The van der Waals surface area contributed by atoms with Gasteiger partial charge in [0.1, 0.15) is 0 Å². The first-order chi connectivity index (χ1) is 17.5. The molecule has 0 unspecified atom stereocenters. The van der Waals surface area contributed by atoms with Crippen molar-refractivity contribution in [2.45, 2.75) is 0 Å². The molecular weight excluding hydrogens is 494 g/mol. The van der Waals surface area contributed by atoms with E-state index in [1.165, 1.54) is 0 Å². The summed E-state index contributed by atoms with van der Waals surface area (Å²) in [7, 11) is 0. The Bertz CT molecular complexity index is 1640. The van der Waals surface area contributed by atoms with Gasteiger partial charge in [0.15, 0.2) is 5.11 Å². The Morgan fingerprint density at radius 3 is 1.89 bits per heavy atom. The lowest BCUT2D eigenvalue weighted by Gasteiger charge is -2.19. The fourth-order valence-electron chi connectivity index (χ4n) is 4.51. The first-order valence-electron chi connectivity index (χ1n) is 11.1. The number of aromatic amines is 2. The zero-order valence-electron chi connectivity index (χ0n) is 18.6. The number of fused-ring (bicyclic) bond motifs is 2. The van der Waals surface area contributed by atoms with Gasteiger partial charge in [-0.3, -0.25) is 15.0 Å². The molecule has 0 spiro atoms. The quantitative estimate of drug-likeness (QED) is 0.189. The molecule has 176 valence electrons. The molecule has 0 aliphatic carbocycles. The maximum Gasteiger partial charge on any atom is 0.281 e. The number of nitrogens with zero attached hydrogens (tertiary/aromatic N) is 1. The van der Waals surface area contributed by atoms with Gasteiger partial charge in [-0.2, -0.15) is 5.01 Å². The number of hydrogen-bond acceptors (Lipinski definition) is 3. The van der Waals surface area contributed by atoms with E-state index in [1.54, 1.807) is 36.7 Å². The first kappa shape index (κ1) is 22.1. The lowest BCUT2D eigenvalue weighted by molar-refractivity contribution is -0.138. The van der Waals surface area contributed by atoms with E-state index in [9.17, 15) is 9.59 Å². The standard InChI is InChI=1S/C27H18ClN5O2S/c28-15-6-5-7-16(12-15)31-27(36)32-33-25(34)23(19-13-29-21-10-3-1-8-17(19)21)24(26(33)35)20-14-30-22-11-4-2-9-18(20)22/h1-14,29-30H,(H2,31,32,36). The van der Waals surface area contributed by atoms with E-state index < -0.39 is 11.8 Å². The summed E-state index contributed by atoms with van der Waals surface area (Å²) in [5, 5.41) is 6.21. The zero-order valence-corrected chi connectivity index (χ0v) is 20.2. The molecule has 0 saturated carbocycles. The maximum atomic E-state index is 13.8. The minimum absolute atomic E-state index is 0.0809. The lowest BCUT2D eigenvalue weighted by atomic mass is 9.95. The summed E-state index contributed by atoms with van der Waals surface area (Å²) >= 11 is 11.5. The van der Waals surface area contributed by atoms with Gasteiger partial charge in [-0.15, -0.1) is 0 Å². The predicted molar refractivity (Wildman–Crippen MR) is 146 cm³/mol. The molecule has 9 heteroatoms. The predicted octanol–water partition coefficient (Wildman–Crippen LogP) is 5.48. The number of aromatic nitrogens is 2. The Kier molecular flexibility index (Phi) is 5.32. The van der Waals surface area contributed by atoms with Crippen LogP contribution in [0.15, 0.2) is 85.2 Å². The van der Waals surface area contributed by atoms with Gasteiger partial charge in [-0.1, -0.05) is 54.1 Å². The second-order valence-corrected chi connectivity index (χ2v) is 9.11. The van der Waals surface area contributed by atoms with E-state index in [-0.39, 0.29) is 5.11 Å². The number of hydrazine groups is 1. The highest BCUT2D eigenvalue weighted by Crippen LogP contribution is 2.40. The van der Waals surface area contributed by atoms with Crippen LogP contribution in [-0.2, 0) is 9.59 Å². The minimum Gasteiger partial charge on any atom is -0.361 e. The summed E-state index contributed by atoms with van der Waals surface area (Å²) in [5.41, 5.74) is 7.00. The number of anilines is 1. The summed E-state index contributed by atoms with van der Waals surface area (Å²) in [6, 6.07) is 22.3. The van der Waals surface area contributed by atoms with E-state index in [0.717, 1.165) is 26.8 Å². The molecule has 1 aliphatic rings. The van der Waals surface area contributed by atoms with Gasteiger partial charge in [-0.05, 0) is 42.5 Å².